The molecule has 0 amide bonds. The lowest BCUT2D eigenvalue weighted by Gasteiger charge is -2.43. The van der Waals surface area contributed by atoms with Crippen LogP contribution < -0.4 is 5.73 Å². The van der Waals surface area contributed by atoms with Crippen LogP contribution in [-0.4, -0.2) is 23.5 Å². The molecule has 1 aromatic heterocycles. The van der Waals surface area contributed by atoms with Crippen LogP contribution in [0.5, 0.6) is 0 Å². The summed E-state index contributed by atoms with van der Waals surface area (Å²) in [6.07, 6.45) is 2.38. The summed E-state index contributed by atoms with van der Waals surface area (Å²) in [6.45, 7) is 9.89. The van der Waals surface area contributed by atoms with Crippen molar-refractivity contribution in [2.45, 2.75) is 45.7 Å². The highest BCUT2D eigenvalue weighted by Gasteiger charge is 2.33. The number of hydrogen-bond donors (Lipinski definition) is 1. The van der Waals surface area contributed by atoms with E-state index in [2.05, 4.69) is 37.1 Å². The lowest BCUT2D eigenvalue weighted by atomic mass is 9.87. The van der Waals surface area contributed by atoms with Crippen LogP contribution in [0.25, 0.3) is 0 Å². The van der Waals surface area contributed by atoms with Crippen molar-refractivity contribution in [3.05, 3.63) is 21.9 Å². The van der Waals surface area contributed by atoms with Crippen molar-refractivity contribution in [3.63, 3.8) is 0 Å². The third kappa shape index (κ3) is 2.72. The molecule has 2 heterocycles. The molecule has 0 spiro atoms. The summed E-state index contributed by atoms with van der Waals surface area (Å²) in [7, 11) is 0. The maximum atomic E-state index is 6.04. The number of nitrogens with two attached hydrogens (primary N) is 1. The van der Waals surface area contributed by atoms with Crippen LogP contribution in [0.3, 0.4) is 0 Å². The van der Waals surface area contributed by atoms with Crippen LogP contribution in [0.1, 0.15) is 37.6 Å². The first kappa shape index (κ1) is 13.1. The molecule has 0 bridgehead atoms. The van der Waals surface area contributed by atoms with Gasteiger partial charge in [-0.05, 0) is 42.7 Å². The van der Waals surface area contributed by atoms with E-state index in [9.17, 15) is 0 Å². The van der Waals surface area contributed by atoms with Gasteiger partial charge >= 0.3 is 0 Å². The highest BCUT2D eigenvalue weighted by Crippen LogP contribution is 2.31. The summed E-state index contributed by atoms with van der Waals surface area (Å²) in [5.74, 6) is 0.701. The zero-order valence-corrected chi connectivity index (χ0v) is 12.0. The van der Waals surface area contributed by atoms with Gasteiger partial charge in [0, 0.05) is 30.1 Å². The van der Waals surface area contributed by atoms with Crippen LogP contribution in [0.15, 0.2) is 11.4 Å². The number of nitrogens with zero attached hydrogens (tertiary/aromatic N) is 1. The molecule has 3 heteroatoms. The predicted octanol–water partition coefficient (Wildman–Crippen LogP) is 2.87. The average Bonchev–Trinajstić information content (AvgIpc) is 2.74. The van der Waals surface area contributed by atoms with Crippen molar-refractivity contribution in [1.82, 2.24) is 4.90 Å². The van der Waals surface area contributed by atoms with Crippen LogP contribution in [-0.2, 0) is 13.0 Å². The molecule has 0 aromatic carbocycles. The largest absolute Gasteiger partial charge is 0.329 e. The minimum Gasteiger partial charge on any atom is -0.329 e. The Bertz CT molecular complexity index is 372. The Hall–Kier alpha value is -0.380. The molecule has 0 saturated carbocycles. The zero-order chi connectivity index (χ0) is 12.5. The van der Waals surface area contributed by atoms with Crippen LogP contribution in [0.4, 0.5) is 0 Å². The van der Waals surface area contributed by atoms with E-state index in [1.165, 1.54) is 18.4 Å². The molecule has 0 fully saturated rings. The highest BCUT2D eigenvalue weighted by atomic mass is 32.1. The second-order valence-corrected chi connectivity index (χ2v) is 6.84. The number of rotatable bonds is 4. The SMILES string of the molecule is CC(C)CC(C)(CN)N1CCc2sccc2C1. The lowest BCUT2D eigenvalue weighted by molar-refractivity contribution is 0.0760. The third-order valence-corrected chi connectivity index (χ3v) is 4.88. The Labute approximate surface area is 109 Å². The maximum absolute atomic E-state index is 6.04. The molecule has 2 rings (SSSR count). The Balaban J connectivity index is 2.12. The Kier molecular flexibility index (Phi) is 3.91. The smallest absolute Gasteiger partial charge is 0.0309 e. The Morgan fingerprint density at radius 3 is 2.94 bits per heavy atom. The van der Waals surface area contributed by atoms with Crippen molar-refractivity contribution < 1.29 is 0 Å². The zero-order valence-electron chi connectivity index (χ0n) is 11.2. The van der Waals surface area contributed by atoms with Gasteiger partial charge in [-0.1, -0.05) is 13.8 Å². The molecule has 17 heavy (non-hydrogen) atoms. The van der Waals surface area contributed by atoms with Crippen molar-refractivity contribution in [2.75, 3.05) is 13.1 Å². The fourth-order valence-electron chi connectivity index (χ4n) is 2.93. The summed E-state index contributed by atoms with van der Waals surface area (Å²) < 4.78 is 0. The van der Waals surface area contributed by atoms with Gasteiger partial charge in [-0.2, -0.15) is 0 Å². The first-order valence-electron chi connectivity index (χ1n) is 6.55. The van der Waals surface area contributed by atoms with Gasteiger partial charge in [0.1, 0.15) is 0 Å². The molecule has 0 saturated heterocycles. The van der Waals surface area contributed by atoms with Gasteiger partial charge in [0.15, 0.2) is 0 Å². The topological polar surface area (TPSA) is 29.3 Å². The first-order chi connectivity index (χ1) is 8.05. The van der Waals surface area contributed by atoms with Gasteiger partial charge in [0.25, 0.3) is 0 Å². The molecule has 1 atom stereocenters. The van der Waals surface area contributed by atoms with Crippen molar-refractivity contribution in [1.29, 1.82) is 0 Å². The van der Waals surface area contributed by atoms with Crippen LogP contribution >= 0.6 is 11.3 Å². The van der Waals surface area contributed by atoms with Crippen molar-refractivity contribution in [3.8, 4) is 0 Å². The predicted molar refractivity (Wildman–Crippen MR) is 75.3 cm³/mol. The summed E-state index contributed by atoms with van der Waals surface area (Å²) in [6, 6.07) is 2.28. The summed E-state index contributed by atoms with van der Waals surface area (Å²) in [5, 5.41) is 2.22. The Morgan fingerprint density at radius 2 is 2.29 bits per heavy atom. The monoisotopic (exact) mass is 252 g/mol. The molecule has 0 radical (unpaired) electrons. The molecule has 2 nitrogen and oxygen atoms in total. The summed E-state index contributed by atoms with van der Waals surface area (Å²) in [5.41, 5.74) is 7.72. The van der Waals surface area contributed by atoms with Gasteiger partial charge in [-0.15, -0.1) is 11.3 Å². The van der Waals surface area contributed by atoms with E-state index >= 15 is 0 Å². The van der Waals surface area contributed by atoms with E-state index in [-0.39, 0.29) is 5.54 Å². The molecule has 0 aliphatic carbocycles. The van der Waals surface area contributed by atoms with Gasteiger partial charge < -0.3 is 5.73 Å². The van der Waals surface area contributed by atoms with Gasteiger partial charge in [-0.3, -0.25) is 4.90 Å². The maximum Gasteiger partial charge on any atom is 0.0309 e. The van der Waals surface area contributed by atoms with E-state index in [1.807, 2.05) is 11.3 Å². The van der Waals surface area contributed by atoms with Gasteiger partial charge in [-0.25, -0.2) is 0 Å². The molecule has 2 N–H and O–H groups in total. The minimum atomic E-state index is 0.161. The highest BCUT2D eigenvalue weighted by molar-refractivity contribution is 7.10. The quantitative estimate of drug-likeness (QED) is 0.893. The summed E-state index contributed by atoms with van der Waals surface area (Å²) in [4.78, 5) is 4.16. The molecular weight excluding hydrogens is 228 g/mol. The molecule has 1 aromatic rings. The summed E-state index contributed by atoms with van der Waals surface area (Å²) >= 11 is 1.90. The molecule has 1 aliphatic rings. The normalized spacial score (nSPS) is 20.3. The first-order valence-corrected chi connectivity index (χ1v) is 7.43. The van der Waals surface area contributed by atoms with E-state index in [4.69, 9.17) is 5.73 Å². The van der Waals surface area contributed by atoms with Crippen LogP contribution in [0.2, 0.25) is 0 Å². The number of thiophene rings is 1. The molecule has 1 aliphatic heterocycles. The van der Waals surface area contributed by atoms with Crippen LogP contribution in [0, 0.1) is 5.92 Å². The fraction of sp³-hybridized carbons (Fsp3) is 0.714. The van der Waals surface area contributed by atoms with Gasteiger partial charge in [0.05, 0.1) is 0 Å². The van der Waals surface area contributed by atoms with E-state index in [1.54, 1.807) is 4.88 Å². The molecular formula is C14H24N2S. The fourth-order valence-corrected chi connectivity index (χ4v) is 3.82. The number of fused-ring (bicyclic) bond motifs is 1. The second kappa shape index (κ2) is 5.09. The van der Waals surface area contributed by atoms with E-state index in [0.29, 0.717) is 5.92 Å². The minimum absolute atomic E-state index is 0.161. The third-order valence-electron chi connectivity index (χ3n) is 3.86. The molecule has 1 unspecified atom stereocenters. The average molecular weight is 252 g/mol. The van der Waals surface area contributed by atoms with Crippen molar-refractivity contribution in [2.24, 2.45) is 11.7 Å². The van der Waals surface area contributed by atoms with E-state index in [0.717, 1.165) is 19.6 Å². The second-order valence-electron chi connectivity index (χ2n) is 5.84. The number of hydrogen-bond acceptors (Lipinski definition) is 3. The van der Waals surface area contributed by atoms with E-state index < -0.39 is 0 Å². The molecule has 96 valence electrons. The van der Waals surface area contributed by atoms with Crippen molar-refractivity contribution >= 4 is 11.3 Å². The standard InChI is InChI=1S/C14H24N2S/c1-11(2)8-14(3,10-15)16-6-4-13-12(9-16)5-7-17-13/h5,7,11H,4,6,8-10,15H2,1-3H3. The Morgan fingerprint density at radius 1 is 1.53 bits per heavy atom. The van der Waals surface area contributed by atoms with Gasteiger partial charge in [0.2, 0.25) is 0 Å². The lowest BCUT2D eigenvalue weighted by Crippen LogP contribution is -2.53.